The molecule has 1 saturated heterocycles. The standard InChI is InChI=1S/C21H31NO5S/c1-21(2,3)27-20(24)22-13-18(12-16(22)8-11-19(23)26-5)28-14-15-6-9-17(25-4)10-7-15/h6-7,9-10,16,18H,8,11-14H2,1-5H3/t16-,18-/m1/s1. The van der Waals surface area contributed by atoms with Crippen molar-refractivity contribution in [3.05, 3.63) is 29.8 Å². The van der Waals surface area contributed by atoms with Gasteiger partial charge < -0.3 is 19.1 Å². The highest BCUT2D eigenvalue weighted by Crippen LogP contribution is 2.33. The molecule has 28 heavy (non-hydrogen) atoms. The molecule has 0 spiro atoms. The van der Waals surface area contributed by atoms with Crippen LogP contribution >= 0.6 is 11.8 Å². The van der Waals surface area contributed by atoms with Gasteiger partial charge in [0.15, 0.2) is 0 Å². The van der Waals surface area contributed by atoms with E-state index in [1.165, 1.54) is 12.7 Å². The monoisotopic (exact) mass is 409 g/mol. The molecule has 1 aromatic rings. The number of carbonyl (C=O) groups is 2. The zero-order valence-electron chi connectivity index (χ0n) is 17.4. The highest BCUT2D eigenvalue weighted by atomic mass is 32.2. The van der Waals surface area contributed by atoms with Crippen molar-refractivity contribution in [3.63, 3.8) is 0 Å². The van der Waals surface area contributed by atoms with Crippen LogP contribution in [0.5, 0.6) is 5.75 Å². The number of carbonyl (C=O) groups excluding carboxylic acids is 2. The number of rotatable bonds is 7. The largest absolute Gasteiger partial charge is 0.497 e. The third kappa shape index (κ3) is 6.93. The lowest BCUT2D eigenvalue weighted by atomic mass is 10.1. The van der Waals surface area contributed by atoms with Crippen LogP contribution in [-0.2, 0) is 20.0 Å². The fourth-order valence-electron chi connectivity index (χ4n) is 3.13. The molecule has 0 bridgehead atoms. The average Bonchev–Trinajstić information content (AvgIpc) is 3.07. The van der Waals surface area contributed by atoms with E-state index in [-0.39, 0.29) is 18.1 Å². The van der Waals surface area contributed by atoms with Crippen molar-refractivity contribution in [1.29, 1.82) is 0 Å². The minimum Gasteiger partial charge on any atom is -0.497 e. The van der Waals surface area contributed by atoms with Crippen molar-refractivity contribution >= 4 is 23.8 Å². The maximum atomic E-state index is 12.6. The van der Waals surface area contributed by atoms with Crippen LogP contribution in [0.2, 0.25) is 0 Å². The van der Waals surface area contributed by atoms with Crippen LogP contribution in [-0.4, -0.2) is 54.6 Å². The van der Waals surface area contributed by atoms with E-state index in [4.69, 9.17) is 14.2 Å². The van der Waals surface area contributed by atoms with Gasteiger partial charge in [0.05, 0.1) is 14.2 Å². The van der Waals surface area contributed by atoms with Crippen molar-refractivity contribution in [2.75, 3.05) is 20.8 Å². The second kappa shape index (κ2) is 10.0. The third-order valence-electron chi connectivity index (χ3n) is 4.56. The molecule has 2 rings (SSSR count). The van der Waals surface area contributed by atoms with Gasteiger partial charge in [0.2, 0.25) is 0 Å². The minimum atomic E-state index is -0.543. The molecule has 0 unspecified atom stereocenters. The number of nitrogens with zero attached hydrogens (tertiary/aromatic N) is 1. The molecule has 1 aliphatic heterocycles. The summed E-state index contributed by atoms with van der Waals surface area (Å²) in [5.74, 6) is 1.45. The summed E-state index contributed by atoms with van der Waals surface area (Å²) in [6, 6.07) is 8.01. The molecule has 1 heterocycles. The molecule has 0 saturated carbocycles. The number of methoxy groups -OCH3 is 2. The van der Waals surface area contributed by atoms with Gasteiger partial charge in [-0.25, -0.2) is 4.79 Å². The molecule has 0 N–H and O–H groups in total. The smallest absolute Gasteiger partial charge is 0.410 e. The van der Waals surface area contributed by atoms with Gasteiger partial charge in [-0.05, 0) is 51.3 Å². The van der Waals surface area contributed by atoms with E-state index in [2.05, 4.69) is 12.1 Å². The molecule has 1 aliphatic rings. The van der Waals surface area contributed by atoms with Crippen molar-refractivity contribution in [2.24, 2.45) is 0 Å². The summed E-state index contributed by atoms with van der Waals surface area (Å²) >= 11 is 1.83. The lowest BCUT2D eigenvalue weighted by molar-refractivity contribution is -0.141. The second-order valence-electron chi connectivity index (χ2n) is 7.92. The van der Waals surface area contributed by atoms with Crippen LogP contribution in [0.15, 0.2) is 24.3 Å². The fourth-order valence-corrected chi connectivity index (χ4v) is 4.38. The second-order valence-corrected chi connectivity index (χ2v) is 9.21. The first-order valence-corrected chi connectivity index (χ1v) is 10.6. The number of hydrogen-bond donors (Lipinski definition) is 0. The summed E-state index contributed by atoms with van der Waals surface area (Å²) in [7, 11) is 3.04. The number of benzene rings is 1. The van der Waals surface area contributed by atoms with Crippen molar-refractivity contribution in [2.45, 2.75) is 62.7 Å². The van der Waals surface area contributed by atoms with Gasteiger partial charge in [-0.1, -0.05) is 12.1 Å². The number of likely N-dealkylation sites (tertiary alicyclic amines) is 1. The molecule has 0 aliphatic carbocycles. The Hall–Kier alpha value is -1.89. The van der Waals surface area contributed by atoms with Crippen LogP contribution in [0, 0.1) is 0 Å². The Morgan fingerprint density at radius 3 is 2.43 bits per heavy atom. The van der Waals surface area contributed by atoms with E-state index in [9.17, 15) is 9.59 Å². The fraction of sp³-hybridized carbons (Fsp3) is 0.619. The minimum absolute atomic E-state index is 0.0117. The van der Waals surface area contributed by atoms with E-state index in [0.29, 0.717) is 24.6 Å². The molecule has 0 radical (unpaired) electrons. The first-order chi connectivity index (χ1) is 13.2. The van der Waals surface area contributed by atoms with Crippen LogP contribution in [0.1, 0.15) is 45.6 Å². The SMILES string of the molecule is COC(=O)CC[C@@H]1C[C@@H](SCc2ccc(OC)cc2)CN1C(=O)OC(C)(C)C. The molecule has 1 fully saturated rings. The van der Waals surface area contributed by atoms with Crippen molar-refractivity contribution in [3.8, 4) is 5.75 Å². The molecular weight excluding hydrogens is 378 g/mol. The number of ether oxygens (including phenoxy) is 3. The summed E-state index contributed by atoms with van der Waals surface area (Å²) in [6.07, 6.45) is 1.42. The average molecular weight is 410 g/mol. The van der Waals surface area contributed by atoms with E-state index in [0.717, 1.165) is 17.9 Å². The lowest BCUT2D eigenvalue weighted by Gasteiger charge is -2.28. The summed E-state index contributed by atoms with van der Waals surface area (Å²) in [5, 5.41) is 0.303. The Kier molecular flexibility index (Phi) is 8.04. The number of amides is 1. The molecule has 156 valence electrons. The maximum absolute atomic E-state index is 12.6. The predicted octanol–water partition coefficient (Wildman–Crippen LogP) is 4.26. The molecule has 7 heteroatoms. The summed E-state index contributed by atoms with van der Waals surface area (Å²) in [4.78, 5) is 26.0. The van der Waals surface area contributed by atoms with Gasteiger partial charge in [0.1, 0.15) is 11.4 Å². The Morgan fingerprint density at radius 1 is 1.18 bits per heavy atom. The highest BCUT2D eigenvalue weighted by Gasteiger charge is 2.37. The molecule has 1 amide bonds. The van der Waals surface area contributed by atoms with Gasteiger partial charge in [0.25, 0.3) is 0 Å². The van der Waals surface area contributed by atoms with Gasteiger partial charge >= 0.3 is 12.1 Å². The Labute approximate surface area is 171 Å². The van der Waals surface area contributed by atoms with Gasteiger partial charge in [-0.15, -0.1) is 0 Å². The summed E-state index contributed by atoms with van der Waals surface area (Å²) in [5.41, 5.74) is 0.672. The number of hydrogen-bond acceptors (Lipinski definition) is 6. The van der Waals surface area contributed by atoms with Gasteiger partial charge in [-0.3, -0.25) is 4.79 Å². The zero-order chi connectivity index (χ0) is 20.7. The summed E-state index contributed by atoms with van der Waals surface area (Å²) in [6.45, 7) is 6.21. The molecule has 6 nitrogen and oxygen atoms in total. The number of thioether (sulfide) groups is 1. The van der Waals surface area contributed by atoms with Crippen LogP contribution < -0.4 is 4.74 Å². The van der Waals surface area contributed by atoms with Crippen molar-refractivity contribution in [1.82, 2.24) is 4.90 Å². The van der Waals surface area contributed by atoms with E-state index >= 15 is 0 Å². The lowest BCUT2D eigenvalue weighted by Crippen LogP contribution is -2.40. The Balaban J connectivity index is 1.97. The predicted molar refractivity (Wildman–Crippen MR) is 111 cm³/mol. The quantitative estimate of drug-likeness (QED) is 0.627. The van der Waals surface area contributed by atoms with Crippen LogP contribution in [0.4, 0.5) is 4.79 Å². The maximum Gasteiger partial charge on any atom is 0.410 e. The third-order valence-corrected chi connectivity index (χ3v) is 5.87. The molecular formula is C21H31NO5S. The van der Waals surface area contributed by atoms with Gasteiger partial charge in [-0.2, -0.15) is 11.8 Å². The first-order valence-electron chi connectivity index (χ1n) is 9.53. The van der Waals surface area contributed by atoms with E-state index in [1.807, 2.05) is 44.7 Å². The van der Waals surface area contributed by atoms with Crippen molar-refractivity contribution < 1.29 is 23.8 Å². The zero-order valence-corrected chi connectivity index (χ0v) is 18.2. The van der Waals surface area contributed by atoms with E-state index in [1.54, 1.807) is 12.0 Å². The van der Waals surface area contributed by atoms with Crippen LogP contribution in [0.25, 0.3) is 0 Å². The normalized spacial score (nSPS) is 19.4. The van der Waals surface area contributed by atoms with Gasteiger partial charge in [0, 0.05) is 30.0 Å². The Bertz CT molecular complexity index is 656. The van der Waals surface area contributed by atoms with Crippen LogP contribution in [0.3, 0.4) is 0 Å². The topological polar surface area (TPSA) is 65.1 Å². The number of esters is 1. The Morgan fingerprint density at radius 2 is 1.86 bits per heavy atom. The highest BCUT2D eigenvalue weighted by molar-refractivity contribution is 7.99. The summed E-state index contributed by atoms with van der Waals surface area (Å²) < 4.78 is 15.5. The first kappa shape index (κ1) is 22.4. The van der Waals surface area contributed by atoms with E-state index < -0.39 is 5.60 Å². The molecule has 2 atom stereocenters. The molecule has 1 aromatic carbocycles. The molecule has 0 aromatic heterocycles.